The van der Waals surface area contributed by atoms with E-state index in [0.29, 0.717) is 0 Å². The Balaban J connectivity index is 2.95. The molecule has 4 heteroatoms. The van der Waals surface area contributed by atoms with Gasteiger partial charge in [0.25, 0.3) is 0 Å². The van der Waals surface area contributed by atoms with Crippen LogP contribution in [0.3, 0.4) is 0 Å². The molecule has 1 N–H and O–H groups in total. The van der Waals surface area contributed by atoms with Crippen molar-refractivity contribution < 1.29 is 9.90 Å². The Labute approximate surface area is 79.1 Å². The Morgan fingerprint density at radius 1 is 1.62 bits per heavy atom. The lowest BCUT2D eigenvalue weighted by atomic mass is 10.1. The minimum Gasteiger partial charge on any atom is -0.479 e. The molecule has 0 amide bonds. The highest BCUT2D eigenvalue weighted by atomic mass is 16.4. The third kappa shape index (κ3) is 1.44. The van der Waals surface area contributed by atoms with Crippen LogP contribution in [0.25, 0.3) is 0 Å². The molecule has 0 spiro atoms. The van der Waals surface area contributed by atoms with Gasteiger partial charge in [-0.2, -0.15) is 0 Å². The second kappa shape index (κ2) is 3.64. The van der Waals surface area contributed by atoms with Crippen LogP contribution < -0.4 is 0 Å². The van der Waals surface area contributed by atoms with Crippen LogP contribution in [0.15, 0.2) is 0 Å². The molecule has 1 rings (SSSR count). The number of hydrogen-bond acceptors (Lipinski definition) is 3. The lowest BCUT2D eigenvalue weighted by molar-refractivity contribution is -0.160. The third-order valence-corrected chi connectivity index (χ3v) is 2.94. The Hall–Kier alpha value is -0.610. The van der Waals surface area contributed by atoms with Gasteiger partial charge in [-0.05, 0) is 33.5 Å². The third-order valence-electron chi connectivity index (χ3n) is 2.94. The van der Waals surface area contributed by atoms with Crippen molar-refractivity contribution in [3.8, 4) is 0 Å². The summed E-state index contributed by atoms with van der Waals surface area (Å²) in [5, 5.41) is 9.25. The van der Waals surface area contributed by atoms with Gasteiger partial charge in [0.05, 0.1) is 0 Å². The zero-order valence-corrected chi connectivity index (χ0v) is 8.58. The van der Waals surface area contributed by atoms with Crippen LogP contribution in [0.2, 0.25) is 0 Å². The van der Waals surface area contributed by atoms with E-state index in [1.807, 2.05) is 30.8 Å². The SMILES string of the molecule is CCN1CCCC1(C(=O)O)N(C)C. The van der Waals surface area contributed by atoms with Gasteiger partial charge in [-0.25, -0.2) is 4.79 Å². The van der Waals surface area contributed by atoms with E-state index in [-0.39, 0.29) is 0 Å². The maximum atomic E-state index is 11.3. The highest BCUT2D eigenvalue weighted by Crippen LogP contribution is 2.30. The van der Waals surface area contributed by atoms with Gasteiger partial charge in [-0.1, -0.05) is 6.92 Å². The number of carboxylic acid groups (broad SMARTS) is 1. The summed E-state index contributed by atoms with van der Waals surface area (Å²) < 4.78 is 0. The van der Waals surface area contributed by atoms with Crippen LogP contribution in [0.5, 0.6) is 0 Å². The summed E-state index contributed by atoms with van der Waals surface area (Å²) in [6.45, 7) is 3.69. The summed E-state index contributed by atoms with van der Waals surface area (Å²) in [6.07, 6.45) is 1.70. The van der Waals surface area contributed by atoms with Crippen molar-refractivity contribution in [1.82, 2.24) is 9.80 Å². The highest BCUT2D eigenvalue weighted by Gasteiger charge is 2.48. The number of hydrogen-bond donors (Lipinski definition) is 1. The molecule has 0 aliphatic carbocycles. The summed E-state index contributed by atoms with van der Waals surface area (Å²) >= 11 is 0. The number of aliphatic carboxylic acids is 1. The summed E-state index contributed by atoms with van der Waals surface area (Å²) in [4.78, 5) is 15.1. The van der Waals surface area contributed by atoms with Crippen LogP contribution in [-0.4, -0.2) is 53.7 Å². The summed E-state index contributed by atoms with van der Waals surface area (Å²) in [5.41, 5.74) is -0.755. The van der Waals surface area contributed by atoms with Crippen molar-refractivity contribution >= 4 is 5.97 Å². The molecule has 13 heavy (non-hydrogen) atoms. The minimum absolute atomic E-state index is 0.725. The van der Waals surface area contributed by atoms with E-state index >= 15 is 0 Å². The summed E-state index contributed by atoms with van der Waals surface area (Å²) in [5.74, 6) is -0.725. The van der Waals surface area contributed by atoms with E-state index in [9.17, 15) is 9.90 Å². The summed E-state index contributed by atoms with van der Waals surface area (Å²) in [6, 6.07) is 0. The molecule has 0 aromatic carbocycles. The smallest absolute Gasteiger partial charge is 0.339 e. The molecule has 0 aromatic rings. The van der Waals surface area contributed by atoms with Crippen molar-refractivity contribution in [1.29, 1.82) is 0 Å². The molecule has 0 bridgehead atoms. The average molecular weight is 186 g/mol. The molecule has 1 heterocycles. The zero-order chi connectivity index (χ0) is 10.1. The van der Waals surface area contributed by atoms with Crippen molar-refractivity contribution in [2.24, 2.45) is 0 Å². The first-order valence-corrected chi connectivity index (χ1v) is 4.71. The molecule has 1 unspecified atom stereocenters. The van der Waals surface area contributed by atoms with Crippen molar-refractivity contribution in [2.45, 2.75) is 25.4 Å². The molecule has 1 aliphatic rings. The fourth-order valence-corrected chi connectivity index (χ4v) is 2.22. The maximum Gasteiger partial charge on any atom is 0.339 e. The fourth-order valence-electron chi connectivity index (χ4n) is 2.22. The highest BCUT2D eigenvalue weighted by molar-refractivity contribution is 5.78. The van der Waals surface area contributed by atoms with Crippen LogP contribution in [0.1, 0.15) is 19.8 Å². The first kappa shape index (κ1) is 10.5. The van der Waals surface area contributed by atoms with Gasteiger partial charge in [0.1, 0.15) is 0 Å². The topological polar surface area (TPSA) is 43.8 Å². The molecule has 4 nitrogen and oxygen atoms in total. The van der Waals surface area contributed by atoms with E-state index in [2.05, 4.69) is 0 Å². The molecule has 1 atom stereocenters. The number of nitrogens with zero attached hydrogens (tertiary/aromatic N) is 2. The van der Waals surface area contributed by atoms with Gasteiger partial charge in [0, 0.05) is 6.54 Å². The first-order valence-electron chi connectivity index (χ1n) is 4.71. The summed E-state index contributed by atoms with van der Waals surface area (Å²) in [7, 11) is 3.67. The lowest BCUT2D eigenvalue weighted by Gasteiger charge is -2.39. The number of carboxylic acids is 1. The van der Waals surface area contributed by atoms with Crippen molar-refractivity contribution in [2.75, 3.05) is 27.2 Å². The Kier molecular flexibility index (Phi) is 2.93. The second-order valence-corrected chi connectivity index (χ2v) is 3.70. The van der Waals surface area contributed by atoms with E-state index in [4.69, 9.17) is 0 Å². The molecule has 1 saturated heterocycles. The molecule has 0 aromatic heterocycles. The lowest BCUT2D eigenvalue weighted by Crippen LogP contribution is -2.59. The molecule has 0 saturated carbocycles. The molecule has 0 radical (unpaired) electrons. The average Bonchev–Trinajstić information content (AvgIpc) is 2.47. The van der Waals surface area contributed by atoms with Gasteiger partial charge in [-0.3, -0.25) is 9.80 Å². The molecular weight excluding hydrogens is 168 g/mol. The van der Waals surface area contributed by atoms with Gasteiger partial charge < -0.3 is 5.11 Å². The van der Waals surface area contributed by atoms with Crippen molar-refractivity contribution in [3.63, 3.8) is 0 Å². The van der Waals surface area contributed by atoms with Gasteiger partial charge in [0.15, 0.2) is 5.66 Å². The van der Waals surface area contributed by atoms with Gasteiger partial charge >= 0.3 is 5.97 Å². The normalized spacial score (nSPS) is 29.8. The molecule has 76 valence electrons. The Morgan fingerprint density at radius 3 is 2.54 bits per heavy atom. The van der Waals surface area contributed by atoms with E-state index in [1.54, 1.807) is 0 Å². The number of likely N-dealkylation sites (tertiary alicyclic amines) is 1. The van der Waals surface area contributed by atoms with Gasteiger partial charge in [0.2, 0.25) is 0 Å². The number of likely N-dealkylation sites (N-methyl/N-ethyl adjacent to an activating group) is 2. The van der Waals surface area contributed by atoms with E-state index < -0.39 is 11.6 Å². The zero-order valence-electron chi connectivity index (χ0n) is 8.58. The number of rotatable bonds is 3. The molecule has 1 aliphatic heterocycles. The van der Waals surface area contributed by atoms with Crippen LogP contribution in [0, 0.1) is 0 Å². The largest absolute Gasteiger partial charge is 0.479 e. The minimum atomic E-state index is -0.755. The quantitative estimate of drug-likeness (QED) is 0.695. The standard InChI is InChI=1S/C9H18N2O2/c1-4-11-7-5-6-9(11,8(12)13)10(2)3/h4-7H2,1-3H3,(H,12,13). The van der Waals surface area contributed by atoms with E-state index in [1.165, 1.54) is 0 Å². The van der Waals surface area contributed by atoms with Crippen LogP contribution >= 0.6 is 0 Å². The Bertz CT molecular complexity index is 206. The monoisotopic (exact) mass is 186 g/mol. The van der Waals surface area contributed by atoms with E-state index in [0.717, 1.165) is 25.9 Å². The molecular formula is C9H18N2O2. The van der Waals surface area contributed by atoms with Gasteiger partial charge in [-0.15, -0.1) is 0 Å². The number of carbonyl (C=O) groups is 1. The predicted octanol–water partition coefficient (Wildman–Crippen LogP) is 0.445. The Morgan fingerprint density at radius 2 is 2.23 bits per heavy atom. The molecule has 1 fully saturated rings. The first-order chi connectivity index (χ1) is 6.05. The maximum absolute atomic E-state index is 11.3. The van der Waals surface area contributed by atoms with Crippen LogP contribution in [-0.2, 0) is 4.79 Å². The fraction of sp³-hybridized carbons (Fsp3) is 0.889. The van der Waals surface area contributed by atoms with Crippen LogP contribution in [0.4, 0.5) is 0 Å². The van der Waals surface area contributed by atoms with Crippen molar-refractivity contribution in [3.05, 3.63) is 0 Å². The predicted molar refractivity (Wildman–Crippen MR) is 50.5 cm³/mol. The second-order valence-electron chi connectivity index (χ2n) is 3.70.